The fraction of sp³-hybridized carbons (Fsp3) is 0.348. The van der Waals surface area contributed by atoms with Crippen LogP contribution in [0.3, 0.4) is 0 Å². The molecule has 1 saturated heterocycles. The summed E-state index contributed by atoms with van der Waals surface area (Å²) in [6.07, 6.45) is 2.01. The Morgan fingerprint density at radius 1 is 1.04 bits per heavy atom. The molecule has 4 rings (SSSR count). The van der Waals surface area contributed by atoms with E-state index < -0.39 is 0 Å². The van der Waals surface area contributed by atoms with E-state index in [2.05, 4.69) is 46.6 Å². The minimum atomic E-state index is 0.129. The zero-order valence-electron chi connectivity index (χ0n) is 16.5. The summed E-state index contributed by atoms with van der Waals surface area (Å²) in [5, 5.41) is 4.62. The smallest absolute Gasteiger partial charge is 0.161 e. The van der Waals surface area contributed by atoms with E-state index in [-0.39, 0.29) is 6.04 Å². The van der Waals surface area contributed by atoms with Crippen LogP contribution in [0.25, 0.3) is 10.9 Å². The molecule has 2 heterocycles. The Hall–Kier alpha value is -2.63. The predicted octanol–water partition coefficient (Wildman–Crippen LogP) is 3.64. The second-order valence-electron chi connectivity index (χ2n) is 6.99. The van der Waals surface area contributed by atoms with Crippen LogP contribution < -0.4 is 14.8 Å². The van der Waals surface area contributed by atoms with Gasteiger partial charge in [0.2, 0.25) is 0 Å². The van der Waals surface area contributed by atoms with Crippen LogP contribution in [0.15, 0.2) is 54.7 Å². The number of hydrogen-bond donors (Lipinski definition) is 1. The van der Waals surface area contributed by atoms with Crippen LogP contribution in [-0.4, -0.2) is 49.8 Å². The van der Waals surface area contributed by atoms with Gasteiger partial charge in [-0.2, -0.15) is 0 Å². The number of hydrogen-bond acceptors (Lipinski definition) is 5. The van der Waals surface area contributed by atoms with Gasteiger partial charge in [-0.25, -0.2) is 0 Å². The Labute approximate surface area is 166 Å². The number of para-hydroxylation sites is 1. The maximum absolute atomic E-state index is 5.84. The lowest BCUT2D eigenvalue weighted by molar-refractivity contribution is 0.197. The average Bonchev–Trinajstić information content (AvgIpc) is 2.75. The molecular weight excluding hydrogens is 350 g/mol. The summed E-state index contributed by atoms with van der Waals surface area (Å²) >= 11 is 0. The first-order chi connectivity index (χ1) is 13.8. The van der Waals surface area contributed by atoms with Crippen molar-refractivity contribution >= 4 is 10.9 Å². The molecule has 1 atom stereocenters. The van der Waals surface area contributed by atoms with Gasteiger partial charge in [-0.05, 0) is 42.3 Å². The first kappa shape index (κ1) is 18.7. The third-order valence-electron chi connectivity index (χ3n) is 5.25. The van der Waals surface area contributed by atoms with E-state index in [4.69, 9.17) is 14.5 Å². The van der Waals surface area contributed by atoms with Gasteiger partial charge in [0.25, 0.3) is 0 Å². The molecule has 0 spiro atoms. The molecular formula is C23H27N3O2. The maximum Gasteiger partial charge on any atom is 0.161 e. The molecule has 1 aromatic heterocycles. The molecule has 1 aliphatic rings. The van der Waals surface area contributed by atoms with Gasteiger partial charge >= 0.3 is 0 Å². The van der Waals surface area contributed by atoms with Crippen molar-refractivity contribution in [2.75, 3.05) is 39.9 Å². The van der Waals surface area contributed by atoms with E-state index in [1.165, 1.54) is 16.5 Å². The van der Waals surface area contributed by atoms with Gasteiger partial charge in [0.15, 0.2) is 11.5 Å². The van der Waals surface area contributed by atoms with E-state index in [1.54, 1.807) is 7.11 Å². The van der Waals surface area contributed by atoms with Crippen molar-refractivity contribution in [3.8, 4) is 11.5 Å². The molecule has 0 aliphatic carbocycles. The van der Waals surface area contributed by atoms with Crippen molar-refractivity contribution in [1.82, 2.24) is 15.2 Å². The first-order valence-corrected chi connectivity index (χ1v) is 9.90. The molecule has 0 radical (unpaired) electrons. The summed E-state index contributed by atoms with van der Waals surface area (Å²) < 4.78 is 11.3. The number of fused-ring (bicyclic) bond motifs is 1. The Morgan fingerprint density at radius 2 is 1.86 bits per heavy atom. The molecule has 1 aliphatic heterocycles. The summed E-state index contributed by atoms with van der Waals surface area (Å²) in [4.78, 5) is 7.23. The van der Waals surface area contributed by atoms with Gasteiger partial charge in [-0.1, -0.05) is 24.3 Å². The number of nitrogens with zero attached hydrogens (tertiary/aromatic N) is 2. The number of nitrogens with one attached hydrogen (secondary N) is 1. The van der Waals surface area contributed by atoms with Crippen molar-refractivity contribution < 1.29 is 9.47 Å². The van der Waals surface area contributed by atoms with E-state index >= 15 is 0 Å². The second-order valence-corrected chi connectivity index (χ2v) is 6.99. The Balaban J connectivity index is 1.79. The molecule has 5 heteroatoms. The monoisotopic (exact) mass is 377 g/mol. The highest BCUT2D eigenvalue weighted by Crippen LogP contribution is 2.36. The second kappa shape index (κ2) is 8.59. The van der Waals surface area contributed by atoms with Gasteiger partial charge in [0.05, 0.1) is 25.3 Å². The van der Waals surface area contributed by atoms with Crippen LogP contribution in [0, 0.1) is 0 Å². The highest BCUT2D eigenvalue weighted by molar-refractivity contribution is 5.79. The molecule has 146 valence electrons. The third-order valence-corrected chi connectivity index (χ3v) is 5.25. The van der Waals surface area contributed by atoms with Crippen molar-refractivity contribution in [1.29, 1.82) is 0 Å². The molecule has 1 N–H and O–H groups in total. The van der Waals surface area contributed by atoms with E-state index in [9.17, 15) is 0 Å². The minimum absolute atomic E-state index is 0.129. The number of aromatic nitrogens is 1. The largest absolute Gasteiger partial charge is 0.493 e. The zero-order valence-corrected chi connectivity index (χ0v) is 16.5. The fourth-order valence-corrected chi connectivity index (χ4v) is 3.92. The topological polar surface area (TPSA) is 46.6 Å². The SMILES string of the molecule is CCOc1cc(C(c2cnc3ccccc3c2)N2CCNCC2)ccc1OC. The van der Waals surface area contributed by atoms with Crippen molar-refractivity contribution in [2.24, 2.45) is 0 Å². The van der Waals surface area contributed by atoms with Crippen molar-refractivity contribution in [2.45, 2.75) is 13.0 Å². The van der Waals surface area contributed by atoms with Crippen LogP contribution >= 0.6 is 0 Å². The molecule has 3 aromatic rings. The van der Waals surface area contributed by atoms with Gasteiger partial charge in [0.1, 0.15) is 0 Å². The lowest BCUT2D eigenvalue weighted by Crippen LogP contribution is -2.45. The van der Waals surface area contributed by atoms with E-state index in [1.807, 2.05) is 25.3 Å². The highest BCUT2D eigenvalue weighted by Gasteiger charge is 2.25. The molecule has 0 amide bonds. The summed E-state index contributed by atoms with van der Waals surface area (Å²) in [5.74, 6) is 1.55. The number of pyridine rings is 1. The summed E-state index contributed by atoms with van der Waals surface area (Å²) in [7, 11) is 1.68. The lowest BCUT2D eigenvalue weighted by atomic mass is 9.96. The molecule has 2 aromatic carbocycles. The number of ether oxygens (including phenoxy) is 2. The Kier molecular flexibility index (Phi) is 5.74. The normalized spacial score (nSPS) is 16.1. The van der Waals surface area contributed by atoms with Gasteiger partial charge in [-0.3, -0.25) is 9.88 Å². The summed E-state index contributed by atoms with van der Waals surface area (Å²) in [6, 6.07) is 16.9. The van der Waals surface area contributed by atoms with Crippen molar-refractivity contribution in [3.63, 3.8) is 0 Å². The third kappa shape index (κ3) is 3.81. The molecule has 1 unspecified atom stereocenters. The number of methoxy groups -OCH3 is 1. The van der Waals surface area contributed by atoms with Gasteiger partial charge in [0, 0.05) is 37.8 Å². The van der Waals surface area contributed by atoms with Crippen LogP contribution in [0.5, 0.6) is 11.5 Å². The van der Waals surface area contributed by atoms with Crippen LogP contribution in [0.1, 0.15) is 24.1 Å². The van der Waals surface area contributed by atoms with Crippen LogP contribution in [0.4, 0.5) is 0 Å². The maximum atomic E-state index is 5.84. The van der Waals surface area contributed by atoms with Crippen LogP contribution in [-0.2, 0) is 0 Å². The standard InChI is InChI=1S/C23H27N3O2/c1-3-28-22-15-18(8-9-21(22)27-2)23(26-12-10-24-11-13-26)19-14-17-6-4-5-7-20(17)25-16-19/h4-9,14-16,23-24H,3,10-13H2,1-2H3. The van der Waals surface area contributed by atoms with Crippen molar-refractivity contribution in [3.05, 3.63) is 65.9 Å². The Morgan fingerprint density at radius 3 is 2.64 bits per heavy atom. The molecule has 0 bridgehead atoms. The highest BCUT2D eigenvalue weighted by atomic mass is 16.5. The first-order valence-electron chi connectivity index (χ1n) is 9.90. The number of rotatable bonds is 6. The Bertz CT molecular complexity index is 938. The van der Waals surface area contributed by atoms with Gasteiger partial charge < -0.3 is 14.8 Å². The van der Waals surface area contributed by atoms with Crippen LogP contribution in [0.2, 0.25) is 0 Å². The minimum Gasteiger partial charge on any atom is -0.493 e. The number of piperazine rings is 1. The summed E-state index contributed by atoms with van der Waals surface area (Å²) in [6.45, 7) is 6.57. The zero-order chi connectivity index (χ0) is 19.3. The number of benzene rings is 2. The van der Waals surface area contributed by atoms with E-state index in [0.717, 1.165) is 43.2 Å². The fourth-order valence-electron chi connectivity index (χ4n) is 3.92. The molecule has 0 saturated carbocycles. The molecule has 28 heavy (non-hydrogen) atoms. The quantitative estimate of drug-likeness (QED) is 0.711. The van der Waals surface area contributed by atoms with E-state index in [0.29, 0.717) is 6.61 Å². The molecule has 1 fully saturated rings. The van der Waals surface area contributed by atoms with Gasteiger partial charge in [-0.15, -0.1) is 0 Å². The lowest BCUT2D eigenvalue weighted by Gasteiger charge is -2.35. The predicted molar refractivity (Wildman–Crippen MR) is 112 cm³/mol. The average molecular weight is 377 g/mol. The molecule has 5 nitrogen and oxygen atoms in total. The summed E-state index contributed by atoms with van der Waals surface area (Å²) in [5.41, 5.74) is 3.42.